The van der Waals surface area contributed by atoms with Crippen LogP contribution in [0.2, 0.25) is 0 Å². The third kappa shape index (κ3) is 7.94. The van der Waals surface area contributed by atoms with Crippen LogP contribution in [0.4, 0.5) is 0 Å². The van der Waals surface area contributed by atoms with Gasteiger partial charge in [-0.05, 0) is 87.2 Å². The minimum atomic E-state index is -0.952. The number of aliphatic carboxylic acids is 1. The molecule has 0 bridgehead atoms. The minimum Gasteiger partial charge on any atom is -0.481 e. The Labute approximate surface area is 239 Å². The van der Waals surface area contributed by atoms with Crippen LogP contribution in [-0.4, -0.2) is 35.2 Å². The molecule has 0 saturated carbocycles. The van der Waals surface area contributed by atoms with E-state index in [1.54, 1.807) is 13.8 Å². The number of benzene rings is 3. The topological polar surface area (TPSA) is 69.6 Å². The molecule has 0 fully saturated rings. The average Bonchev–Trinajstić information content (AvgIpc) is 2.96. The molecule has 0 aliphatic heterocycles. The van der Waals surface area contributed by atoms with Crippen molar-refractivity contribution in [3.63, 3.8) is 0 Å². The van der Waals surface area contributed by atoms with E-state index in [0.29, 0.717) is 18.2 Å². The number of carbonyl (C=O) groups is 1. The first-order valence-corrected chi connectivity index (χ1v) is 14.6. The largest absolute Gasteiger partial charge is 0.481 e. The van der Waals surface area contributed by atoms with Gasteiger partial charge in [0.05, 0.1) is 11.5 Å². The van der Waals surface area contributed by atoms with E-state index < -0.39 is 17.5 Å². The highest BCUT2D eigenvalue weighted by Gasteiger charge is 2.36. The van der Waals surface area contributed by atoms with Crippen LogP contribution in [0, 0.1) is 5.92 Å². The van der Waals surface area contributed by atoms with Crippen molar-refractivity contribution in [2.24, 2.45) is 5.92 Å². The zero-order valence-electron chi connectivity index (χ0n) is 23.6. The lowest BCUT2D eigenvalue weighted by Crippen LogP contribution is -2.36. The SMILES string of the molecule is CC(C)(C(=O)O)c1ccc(C(O)CCCNCCC(CCCCl)C(C)(c2ccccc2)c2ccccc2)cc1. The Morgan fingerprint density at radius 3 is 1.85 bits per heavy atom. The standard InChI is InChI=1S/C34H44ClNO3/c1-33(2,32(38)39)27-20-18-26(19-21-27)31(37)17-11-24-36-25-22-30(16-10-23-35)34(3,28-12-6-4-7-13-28)29-14-8-5-9-15-29/h4-9,12-15,18-21,30-31,36-37H,10-11,16-17,22-25H2,1-3H3,(H,38,39). The smallest absolute Gasteiger partial charge is 0.313 e. The summed E-state index contributed by atoms with van der Waals surface area (Å²) in [4.78, 5) is 11.5. The van der Waals surface area contributed by atoms with Gasteiger partial charge in [-0.25, -0.2) is 0 Å². The van der Waals surface area contributed by atoms with Gasteiger partial charge in [-0.2, -0.15) is 0 Å². The lowest BCUT2D eigenvalue weighted by atomic mass is 9.64. The van der Waals surface area contributed by atoms with E-state index in [4.69, 9.17) is 11.6 Å². The molecule has 0 heterocycles. The maximum absolute atomic E-state index is 11.5. The van der Waals surface area contributed by atoms with Gasteiger partial charge in [-0.3, -0.25) is 4.79 Å². The molecule has 0 aliphatic carbocycles. The number of carboxylic acid groups (broad SMARTS) is 1. The van der Waals surface area contributed by atoms with E-state index in [1.165, 1.54) is 11.1 Å². The Bertz CT molecular complexity index is 1090. The maximum atomic E-state index is 11.5. The summed E-state index contributed by atoms with van der Waals surface area (Å²) >= 11 is 6.15. The quantitative estimate of drug-likeness (QED) is 0.128. The first kappa shape index (κ1) is 30.9. The maximum Gasteiger partial charge on any atom is 0.313 e. The molecule has 0 aromatic heterocycles. The first-order valence-electron chi connectivity index (χ1n) is 14.1. The van der Waals surface area contributed by atoms with Gasteiger partial charge in [0.1, 0.15) is 0 Å². The van der Waals surface area contributed by atoms with Crippen LogP contribution in [0.15, 0.2) is 84.9 Å². The van der Waals surface area contributed by atoms with Crippen LogP contribution in [0.25, 0.3) is 0 Å². The van der Waals surface area contributed by atoms with Crippen LogP contribution < -0.4 is 5.32 Å². The summed E-state index contributed by atoms with van der Waals surface area (Å²) in [7, 11) is 0. The number of alkyl halides is 1. The summed E-state index contributed by atoms with van der Waals surface area (Å²) in [6.45, 7) is 7.48. The summed E-state index contributed by atoms with van der Waals surface area (Å²) in [6.07, 6.45) is 4.00. The number of carboxylic acids is 1. The van der Waals surface area contributed by atoms with Crippen LogP contribution in [0.5, 0.6) is 0 Å². The molecule has 3 rings (SSSR count). The monoisotopic (exact) mass is 549 g/mol. The number of nitrogens with one attached hydrogen (secondary N) is 1. The molecule has 3 aromatic rings. The fourth-order valence-electron chi connectivity index (χ4n) is 5.49. The van der Waals surface area contributed by atoms with E-state index >= 15 is 0 Å². The number of hydrogen-bond acceptors (Lipinski definition) is 3. The van der Waals surface area contributed by atoms with E-state index in [2.05, 4.69) is 72.9 Å². The lowest BCUT2D eigenvalue weighted by Gasteiger charge is -2.39. The van der Waals surface area contributed by atoms with Crippen molar-refractivity contribution in [1.29, 1.82) is 0 Å². The molecule has 0 amide bonds. The number of rotatable bonds is 16. The fourth-order valence-corrected chi connectivity index (χ4v) is 5.64. The Hall–Kier alpha value is -2.66. The number of aliphatic hydroxyl groups is 1. The average molecular weight is 550 g/mol. The van der Waals surface area contributed by atoms with Crippen molar-refractivity contribution in [2.75, 3.05) is 19.0 Å². The Balaban J connectivity index is 1.56. The van der Waals surface area contributed by atoms with Crippen molar-refractivity contribution >= 4 is 17.6 Å². The van der Waals surface area contributed by atoms with E-state index in [1.807, 2.05) is 24.3 Å². The van der Waals surface area contributed by atoms with Crippen molar-refractivity contribution < 1.29 is 15.0 Å². The van der Waals surface area contributed by atoms with Gasteiger partial charge < -0.3 is 15.5 Å². The highest BCUT2D eigenvalue weighted by Crippen LogP contribution is 2.42. The van der Waals surface area contributed by atoms with Crippen molar-refractivity contribution in [2.45, 2.75) is 69.8 Å². The third-order valence-corrected chi connectivity index (χ3v) is 8.57. The molecule has 210 valence electrons. The Morgan fingerprint density at radius 2 is 1.33 bits per heavy atom. The molecule has 4 nitrogen and oxygen atoms in total. The van der Waals surface area contributed by atoms with Gasteiger partial charge in [0.15, 0.2) is 0 Å². The van der Waals surface area contributed by atoms with Crippen molar-refractivity contribution in [3.8, 4) is 0 Å². The normalized spacial score (nSPS) is 13.7. The molecule has 0 radical (unpaired) electrons. The van der Waals surface area contributed by atoms with Gasteiger partial charge in [0.2, 0.25) is 0 Å². The summed E-state index contributed by atoms with van der Waals surface area (Å²) in [6, 6.07) is 28.9. The summed E-state index contributed by atoms with van der Waals surface area (Å²) in [5.74, 6) is 0.225. The molecule has 39 heavy (non-hydrogen) atoms. The number of halogens is 1. The predicted molar refractivity (Wildman–Crippen MR) is 162 cm³/mol. The molecule has 0 saturated heterocycles. The van der Waals surface area contributed by atoms with Gasteiger partial charge in [0, 0.05) is 11.3 Å². The van der Waals surface area contributed by atoms with E-state index in [9.17, 15) is 15.0 Å². The van der Waals surface area contributed by atoms with Crippen LogP contribution >= 0.6 is 11.6 Å². The summed E-state index contributed by atoms with van der Waals surface area (Å²) in [5.41, 5.74) is 3.14. The summed E-state index contributed by atoms with van der Waals surface area (Å²) < 4.78 is 0. The van der Waals surface area contributed by atoms with Crippen LogP contribution in [0.3, 0.4) is 0 Å². The highest BCUT2D eigenvalue weighted by molar-refractivity contribution is 6.17. The molecule has 2 atom stereocenters. The zero-order chi connectivity index (χ0) is 28.3. The first-order chi connectivity index (χ1) is 18.7. The van der Waals surface area contributed by atoms with Crippen LogP contribution in [0.1, 0.15) is 81.2 Å². The van der Waals surface area contributed by atoms with E-state index in [0.717, 1.165) is 49.9 Å². The van der Waals surface area contributed by atoms with E-state index in [-0.39, 0.29) is 5.41 Å². The molecule has 5 heteroatoms. The van der Waals surface area contributed by atoms with Crippen LogP contribution in [-0.2, 0) is 15.6 Å². The van der Waals surface area contributed by atoms with Gasteiger partial charge in [-0.15, -0.1) is 11.6 Å². The van der Waals surface area contributed by atoms with Crippen molar-refractivity contribution in [1.82, 2.24) is 5.32 Å². The molecule has 0 spiro atoms. The molecule has 3 N–H and O–H groups in total. The second kappa shape index (κ2) is 14.6. The van der Waals surface area contributed by atoms with Gasteiger partial charge in [-0.1, -0.05) is 91.9 Å². The van der Waals surface area contributed by atoms with Gasteiger partial charge in [0.25, 0.3) is 0 Å². The Kier molecular flexibility index (Phi) is 11.6. The number of aliphatic hydroxyl groups excluding tert-OH is 1. The minimum absolute atomic E-state index is 0.117. The molecule has 0 aliphatic rings. The lowest BCUT2D eigenvalue weighted by molar-refractivity contribution is -0.142. The van der Waals surface area contributed by atoms with Gasteiger partial charge >= 0.3 is 5.97 Å². The third-order valence-electron chi connectivity index (χ3n) is 8.30. The highest BCUT2D eigenvalue weighted by atomic mass is 35.5. The number of hydrogen-bond donors (Lipinski definition) is 3. The van der Waals surface area contributed by atoms with Crippen molar-refractivity contribution in [3.05, 3.63) is 107 Å². The molecular weight excluding hydrogens is 506 g/mol. The second-order valence-corrected chi connectivity index (χ2v) is 11.6. The predicted octanol–water partition coefficient (Wildman–Crippen LogP) is 7.48. The zero-order valence-corrected chi connectivity index (χ0v) is 24.3. The molecule has 3 aromatic carbocycles. The molecule has 2 unspecified atom stereocenters. The second-order valence-electron chi connectivity index (χ2n) is 11.2. The molecular formula is C34H44ClNO3. The fraction of sp³-hybridized carbons (Fsp3) is 0.441. The Morgan fingerprint density at radius 1 is 0.769 bits per heavy atom. The summed E-state index contributed by atoms with van der Waals surface area (Å²) in [5, 5.41) is 23.7.